The molecule has 5 nitrogen and oxygen atoms in total. The molecule has 0 atom stereocenters. The summed E-state index contributed by atoms with van der Waals surface area (Å²) in [5.41, 5.74) is 6.47. The topological polar surface area (TPSA) is 63.6 Å². The molecule has 0 spiro atoms. The Kier molecular flexibility index (Phi) is 6.09. The zero-order valence-corrected chi connectivity index (χ0v) is 18.5. The molecule has 1 amide bonds. The minimum absolute atomic E-state index is 0.262. The van der Waals surface area contributed by atoms with E-state index in [0.29, 0.717) is 22.9 Å². The SMILES string of the molecule is Cc1nc(C)c(C(=O)N/N=C/c2c(OCc3ccccc3C)ccc3ccccc23)s1. The molecule has 1 heterocycles. The number of hydrogen-bond donors (Lipinski definition) is 1. The number of aromatic nitrogens is 1. The number of aryl methyl sites for hydroxylation is 3. The lowest BCUT2D eigenvalue weighted by atomic mass is 10.0. The van der Waals surface area contributed by atoms with Crippen molar-refractivity contribution in [2.45, 2.75) is 27.4 Å². The lowest BCUT2D eigenvalue weighted by Gasteiger charge is -2.13. The summed E-state index contributed by atoms with van der Waals surface area (Å²) < 4.78 is 6.16. The molecule has 0 radical (unpaired) electrons. The van der Waals surface area contributed by atoms with Crippen LogP contribution in [0.4, 0.5) is 0 Å². The zero-order valence-electron chi connectivity index (χ0n) is 17.7. The van der Waals surface area contributed by atoms with Crippen LogP contribution in [0.5, 0.6) is 5.75 Å². The van der Waals surface area contributed by atoms with Gasteiger partial charge in [0, 0.05) is 5.56 Å². The van der Waals surface area contributed by atoms with Gasteiger partial charge < -0.3 is 4.74 Å². The second-order valence-corrected chi connectivity index (χ2v) is 8.46. The standard InChI is InChI=1S/C25H23N3O2S/c1-16-8-4-5-10-20(16)15-30-23-13-12-19-9-6-7-11-21(19)22(23)14-26-28-25(29)24-17(2)27-18(3)31-24/h4-14H,15H2,1-3H3,(H,28,29)/b26-14+. The molecular weight excluding hydrogens is 406 g/mol. The van der Waals surface area contributed by atoms with Crippen molar-refractivity contribution in [3.63, 3.8) is 0 Å². The molecule has 0 fully saturated rings. The molecule has 156 valence electrons. The van der Waals surface area contributed by atoms with E-state index in [0.717, 1.165) is 26.9 Å². The van der Waals surface area contributed by atoms with Gasteiger partial charge in [-0.25, -0.2) is 10.4 Å². The third-order valence-electron chi connectivity index (χ3n) is 5.04. The van der Waals surface area contributed by atoms with Crippen LogP contribution in [0.15, 0.2) is 65.8 Å². The van der Waals surface area contributed by atoms with Gasteiger partial charge in [-0.15, -0.1) is 11.3 Å². The minimum Gasteiger partial charge on any atom is -0.488 e. The molecule has 0 aliphatic heterocycles. The van der Waals surface area contributed by atoms with Gasteiger partial charge in [-0.3, -0.25) is 4.79 Å². The van der Waals surface area contributed by atoms with Crippen LogP contribution < -0.4 is 10.2 Å². The molecule has 6 heteroatoms. The third kappa shape index (κ3) is 4.64. The summed E-state index contributed by atoms with van der Waals surface area (Å²) in [5.74, 6) is 0.451. The fourth-order valence-electron chi connectivity index (χ4n) is 3.41. The van der Waals surface area contributed by atoms with Crippen molar-refractivity contribution in [1.29, 1.82) is 0 Å². The summed E-state index contributed by atoms with van der Waals surface area (Å²) in [5, 5.41) is 7.16. The van der Waals surface area contributed by atoms with Gasteiger partial charge in [0.15, 0.2) is 0 Å². The Morgan fingerprint density at radius 1 is 1.06 bits per heavy atom. The number of hydrazone groups is 1. The van der Waals surface area contributed by atoms with Crippen molar-refractivity contribution in [2.75, 3.05) is 0 Å². The molecule has 0 saturated heterocycles. The lowest BCUT2D eigenvalue weighted by molar-refractivity contribution is 0.0958. The quantitative estimate of drug-likeness (QED) is 0.322. The first kappa shape index (κ1) is 20.8. The van der Waals surface area contributed by atoms with E-state index in [4.69, 9.17) is 4.74 Å². The number of nitrogens with zero attached hydrogens (tertiary/aromatic N) is 2. The number of benzene rings is 3. The first-order valence-corrected chi connectivity index (χ1v) is 10.8. The second-order valence-electron chi connectivity index (χ2n) is 7.26. The molecule has 4 aromatic rings. The minimum atomic E-state index is -0.262. The van der Waals surface area contributed by atoms with Gasteiger partial charge in [0.1, 0.15) is 17.2 Å². The zero-order chi connectivity index (χ0) is 21.8. The van der Waals surface area contributed by atoms with Crippen LogP contribution in [0, 0.1) is 20.8 Å². The Labute approximate surface area is 185 Å². The van der Waals surface area contributed by atoms with Crippen LogP contribution in [0.25, 0.3) is 10.8 Å². The van der Waals surface area contributed by atoms with Crippen molar-refractivity contribution < 1.29 is 9.53 Å². The predicted molar refractivity (Wildman–Crippen MR) is 126 cm³/mol. The van der Waals surface area contributed by atoms with Crippen LogP contribution in [0.3, 0.4) is 0 Å². The van der Waals surface area contributed by atoms with Crippen LogP contribution in [-0.4, -0.2) is 17.1 Å². The highest BCUT2D eigenvalue weighted by atomic mass is 32.1. The normalized spacial score (nSPS) is 11.2. The number of amides is 1. The molecule has 0 unspecified atom stereocenters. The van der Waals surface area contributed by atoms with E-state index in [-0.39, 0.29) is 5.91 Å². The molecule has 31 heavy (non-hydrogen) atoms. The number of thiazole rings is 1. The van der Waals surface area contributed by atoms with E-state index in [1.54, 1.807) is 6.21 Å². The Hall–Kier alpha value is -3.51. The van der Waals surface area contributed by atoms with Crippen molar-refractivity contribution >= 4 is 34.2 Å². The van der Waals surface area contributed by atoms with E-state index in [1.165, 1.54) is 16.9 Å². The number of rotatable bonds is 6. The summed E-state index contributed by atoms with van der Waals surface area (Å²) in [4.78, 5) is 17.4. The largest absolute Gasteiger partial charge is 0.488 e. The molecule has 0 aliphatic rings. The highest BCUT2D eigenvalue weighted by molar-refractivity contribution is 7.13. The van der Waals surface area contributed by atoms with Gasteiger partial charge in [0.05, 0.1) is 16.9 Å². The summed E-state index contributed by atoms with van der Waals surface area (Å²) in [6, 6.07) is 20.2. The maximum absolute atomic E-state index is 12.5. The van der Waals surface area contributed by atoms with E-state index >= 15 is 0 Å². The predicted octanol–water partition coefficient (Wildman–Crippen LogP) is 5.56. The Bertz CT molecular complexity index is 1280. The fraction of sp³-hybridized carbons (Fsp3) is 0.160. The summed E-state index contributed by atoms with van der Waals surface area (Å²) in [6.07, 6.45) is 1.65. The van der Waals surface area contributed by atoms with Crippen molar-refractivity contribution in [3.8, 4) is 5.75 Å². The number of fused-ring (bicyclic) bond motifs is 1. The molecule has 0 bridgehead atoms. The van der Waals surface area contributed by atoms with Gasteiger partial charge in [-0.1, -0.05) is 54.6 Å². The monoisotopic (exact) mass is 429 g/mol. The molecule has 0 aliphatic carbocycles. The van der Waals surface area contributed by atoms with Gasteiger partial charge >= 0.3 is 0 Å². The van der Waals surface area contributed by atoms with E-state index in [9.17, 15) is 4.79 Å². The van der Waals surface area contributed by atoms with Gasteiger partial charge in [-0.05, 0) is 48.7 Å². The van der Waals surface area contributed by atoms with E-state index in [1.807, 2.05) is 62.4 Å². The number of hydrogen-bond acceptors (Lipinski definition) is 5. The third-order valence-corrected chi connectivity index (χ3v) is 6.12. The number of carbonyl (C=O) groups excluding carboxylic acids is 1. The maximum Gasteiger partial charge on any atom is 0.283 e. The Balaban J connectivity index is 1.61. The van der Waals surface area contributed by atoms with Crippen LogP contribution in [0.1, 0.15) is 37.1 Å². The first-order valence-electron chi connectivity index (χ1n) is 9.99. The molecule has 1 N–H and O–H groups in total. The molecule has 0 saturated carbocycles. The van der Waals surface area contributed by atoms with E-state index < -0.39 is 0 Å². The van der Waals surface area contributed by atoms with Crippen LogP contribution in [-0.2, 0) is 6.61 Å². The van der Waals surface area contributed by atoms with Crippen LogP contribution in [0.2, 0.25) is 0 Å². The summed E-state index contributed by atoms with van der Waals surface area (Å²) >= 11 is 1.36. The Morgan fingerprint density at radius 2 is 1.84 bits per heavy atom. The van der Waals surface area contributed by atoms with Gasteiger partial charge in [0.25, 0.3) is 5.91 Å². The van der Waals surface area contributed by atoms with E-state index in [2.05, 4.69) is 34.6 Å². The van der Waals surface area contributed by atoms with Crippen molar-refractivity contribution in [2.24, 2.45) is 5.10 Å². The molecule has 1 aromatic heterocycles. The molecular formula is C25H23N3O2S. The number of ether oxygens (including phenoxy) is 1. The highest BCUT2D eigenvalue weighted by Gasteiger charge is 2.13. The fourth-order valence-corrected chi connectivity index (χ4v) is 4.22. The smallest absolute Gasteiger partial charge is 0.283 e. The second kappa shape index (κ2) is 9.10. The van der Waals surface area contributed by atoms with Crippen LogP contribution >= 0.6 is 11.3 Å². The Morgan fingerprint density at radius 3 is 2.61 bits per heavy atom. The summed E-state index contributed by atoms with van der Waals surface area (Å²) in [6.45, 7) is 6.23. The maximum atomic E-state index is 12.5. The van der Waals surface area contributed by atoms with Crippen molar-refractivity contribution in [1.82, 2.24) is 10.4 Å². The number of carbonyl (C=O) groups is 1. The average Bonchev–Trinajstić information content (AvgIpc) is 3.11. The average molecular weight is 430 g/mol. The molecule has 3 aromatic carbocycles. The highest BCUT2D eigenvalue weighted by Crippen LogP contribution is 2.28. The van der Waals surface area contributed by atoms with Gasteiger partial charge in [-0.2, -0.15) is 5.10 Å². The van der Waals surface area contributed by atoms with Crippen molar-refractivity contribution in [3.05, 3.63) is 92.9 Å². The van der Waals surface area contributed by atoms with Gasteiger partial charge in [0.2, 0.25) is 0 Å². The molecule has 4 rings (SSSR count). The number of nitrogens with one attached hydrogen (secondary N) is 1. The first-order chi connectivity index (χ1) is 15.0. The lowest BCUT2D eigenvalue weighted by Crippen LogP contribution is -2.17. The summed E-state index contributed by atoms with van der Waals surface area (Å²) in [7, 11) is 0.